The summed E-state index contributed by atoms with van der Waals surface area (Å²) in [5, 5.41) is 17.0. The van der Waals surface area contributed by atoms with Gasteiger partial charge in [-0.1, -0.05) is 17.7 Å². The lowest BCUT2D eigenvalue weighted by atomic mass is 10.1. The normalized spacial score (nSPS) is 10.8. The average Bonchev–Trinajstić information content (AvgIpc) is 2.99. The van der Waals surface area contributed by atoms with Gasteiger partial charge in [-0.3, -0.25) is 9.48 Å². The van der Waals surface area contributed by atoms with E-state index in [1.165, 1.54) is 11.6 Å². The second-order valence-corrected chi connectivity index (χ2v) is 8.16. The topological polar surface area (TPSA) is 87.5 Å². The molecule has 0 aliphatic heterocycles. The van der Waals surface area contributed by atoms with E-state index in [9.17, 15) is 14.7 Å². The average molecular weight is 435 g/mol. The Kier molecular flexibility index (Phi) is 6.98. The highest BCUT2D eigenvalue weighted by Crippen LogP contribution is 2.25. The van der Waals surface area contributed by atoms with E-state index in [0.29, 0.717) is 23.5 Å². The third-order valence-electron chi connectivity index (χ3n) is 5.79. The molecular formula is C25H30N4O3. The number of nitrogens with zero attached hydrogens (tertiary/aromatic N) is 3. The number of nitrogens with one attached hydrogen (secondary N) is 1. The third kappa shape index (κ3) is 5.17. The molecule has 0 atom stereocenters. The second-order valence-electron chi connectivity index (χ2n) is 8.16. The quantitative estimate of drug-likeness (QED) is 0.550. The number of carboxylic acids is 1. The van der Waals surface area contributed by atoms with Gasteiger partial charge in [0, 0.05) is 37.6 Å². The first-order valence-corrected chi connectivity index (χ1v) is 10.6. The van der Waals surface area contributed by atoms with E-state index >= 15 is 0 Å². The summed E-state index contributed by atoms with van der Waals surface area (Å²) in [4.78, 5) is 26.3. The van der Waals surface area contributed by atoms with Crippen LogP contribution in [0.3, 0.4) is 0 Å². The molecular weight excluding hydrogens is 404 g/mol. The Morgan fingerprint density at radius 2 is 1.78 bits per heavy atom. The molecule has 1 aromatic heterocycles. The zero-order valence-corrected chi connectivity index (χ0v) is 19.3. The van der Waals surface area contributed by atoms with Crippen LogP contribution in [0.2, 0.25) is 0 Å². The summed E-state index contributed by atoms with van der Waals surface area (Å²) >= 11 is 0. The number of aromatic nitrogens is 2. The SMILES string of the molecule is Cc1ccc(C(=O)Nc2ccc(N(C)CCCc3c(C)nn(C)c3C)c(C(=O)O)c2)cc1. The van der Waals surface area contributed by atoms with E-state index in [4.69, 9.17) is 0 Å². The maximum Gasteiger partial charge on any atom is 0.337 e. The molecule has 0 radical (unpaired) electrons. The minimum absolute atomic E-state index is 0.156. The minimum Gasteiger partial charge on any atom is -0.478 e. The van der Waals surface area contributed by atoms with Gasteiger partial charge in [0.2, 0.25) is 0 Å². The maximum atomic E-state index is 12.5. The van der Waals surface area contributed by atoms with Crippen molar-refractivity contribution in [3.8, 4) is 0 Å². The van der Waals surface area contributed by atoms with Crippen molar-refractivity contribution in [2.24, 2.45) is 7.05 Å². The van der Waals surface area contributed by atoms with Gasteiger partial charge < -0.3 is 15.3 Å². The van der Waals surface area contributed by atoms with Crippen molar-refractivity contribution in [2.45, 2.75) is 33.6 Å². The summed E-state index contributed by atoms with van der Waals surface area (Å²) in [6.07, 6.45) is 1.75. The molecule has 0 spiro atoms. The molecule has 7 heteroatoms. The fraction of sp³-hybridized carbons (Fsp3) is 0.320. The van der Waals surface area contributed by atoms with Gasteiger partial charge >= 0.3 is 5.97 Å². The predicted octanol–water partition coefficient (Wildman–Crippen LogP) is 4.36. The highest BCUT2D eigenvalue weighted by atomic mass is 16.4. The summed E-state index contributed by atoms with van der Waals surface area (Å²) in [6.45, 7) is 6.72. The molecule has 0 saturated heterocycles. The van der Waals surface area contributed by atoms with E-state index in [1.54, 1.807) is 24.3 Å². The van der Waals surface area contributed by atoms with Gasteiger partial charge in [-0.25, -0.2) is 4.79 Å². The number of aryl methyl sites for hydroxylation is 3. The Bertz CT molecular complexity index is 1130. The number of carbonyl (C=O) groups excluding carboxylic acids is 1. The zero-order valence-electron chi connectivity index (χ0n) is 19.3. The molecule has 1 heterocycles. The van der Waals surface area contributed by atoms with Crippen LogP contribution in [0.5, 0.6) is 0 Å². The van der Waals surface area contributed by atoms with Crippen LogP contribution in [-0.4, -0.2) is 40.4 Å². The zero-order chi connectivity index (χ0) is 23.4. The Balaban J connectivity index is 1.70. The number of benzene rings is 2. The molecule has 1 amide bonds. The molecule has 2 N–H and O–H groups in total. The van der Waals surface area contributed by atoms with Crippen LogP contribution in [0.15, 0.2) is 42.5 Å². The molecule has 32 heavy (non-hydrogen) atoms. The van der Waals surface area contributed by atoms with Gasteiger partial charge in [0.05, 0.1) is 16.9 Å². The number of aromatic carboxylic acids is 1. The monoisotopic (exact) mass is 434 g/mol. The number of carbonyl (C=O) groups is 2. The molecule has 0 bridgehead atoms. The van der Waals surface area contributed by atoms with Crippen molar-refractivity contribution < 1.29 is 14.7 Å². The molecule has 2 aromatic carbocycles. The molecule has 0 fully saturated rings. The maximum absolute atomic E-state index is 12.5. The number of rotatable bonds is 8. The summed E-state index contributed by atoms with van der Waals surface area (Å²) in [7, 11) is 3.82. The van der Waals surface area contributed by atoms with E-state index in [2.05, 4.69) is 17.3 Å². The molecule has 3 rings (SSSR count). The van der Waals surface area contributed by atoms with Crippen LogP contribution < -0.4 is 10.2 Å². The minimum atomic E-state index is -1.03. The van der Waals surface area contributed by atoms with Crippen molar-refractivity contribution in [1.82, 2.24) is 9.78 Å². The molecule has 0 saturated carbocycles. The van der Waals surface area contributed by atoms with Crippen LogP contribution in [0.1, 0.15) is 49.7 Å². The van der Waals surface area contributed by atoms with Crippen molar-refractivity contribution in [3.05, 3.63) is 76.1 Å². The van der Waals surface area contributed by atoms with Crippen LogP contribution in [0.4, 0.5) is 11.4 Å². The molecule has 168 valence electrons. The molecule has 0 aliphatic rings. The fourth-order valence-corrected chi connectivity index (χ4v) is 3.82. The number of hydrogen-bond acceptors (Lipinski definition) is 4. The number of amides is 1. The lowest BCUT2D eigenvalue weighted by Gasteiger charge is -2.22. The number of carboxylic acid groups (broad SMARTS) is 1. The first-order chi connectivity index (χ1) is 15.2. The summed E-state index contributed by atoms with van der Waals surface area (Å²) in [5.41, 5.74) is 6.25. The van der Waals surface area contributed by atoms with Gasteiger partial charge in [0.15, 0.2) is 0 Å². The Morgan fingerprint density at radius 1 is 1.09 bits per heavy atom. The molecule has 7 nitrogen and oxygen atoms in total. The molecule has 0 aliphatic carbocycles. The van der Waals surface area contributed by atoms with Gasteiger partial charge in [-0.05, 0) is 69.5 Å². The number of anilines is 2. The van der Waals surface area contributed by atoms with Gasteiger partial charge in [-0.2, -0.15) is 5.10 Å². The van der Waals surface area contributed by atoms with E-state index < -0.39 is 5.97 Å². The summed E-state index contributed by atoms with van der Waals surface area (Å²) in [6, 6.07) is 12.2. The highest BCUT2D eigenvalue weighted by Gasteiger charge is 2.16. The summed E-state index contributed by atoms with van der Waals surface area (Å²) < 4.78 is 1.89. The predicted molar refractivity (Wildman–Crippen MR) is 127 cm³/mol. The second kappa shape index (κ2) is 9.68. The van der Waals surface area contributed by atoms with Crippen LogP contribution in [0.25, 0.3) is 0 Å². The standard InChI is InChI=1S/C25H30N4O3/c1-16-8-10-19(11-9-16)24(30)26-20-12-13-23(22(15-20)25(31)32)28(4)14-6-7-21-17(2)27-29(5)18(21)3/h8-13,15H,6-7,14H2,1-5H3,(H,26,30)(H,31,32). The third-order valence-corrected chi connectivity index (χ3v) is 5.79. The lowest BCUT2D eigenvalue weighted by molar-refractivity contribution is 0.0697. The van der Waals surface area contributed by atoms with Crippen LogP contribution in [0, 0.1) is 20.8 Å². The van der Waals surface area contributed by atoms with E-state index in [0.717, 1.165) is 29.8 Å². The van der Waals surface area contributed by atoms with Crippen molar-refractivity contribution in [1.29, 1.82) is 0 Å². The van der Waals surface area contributed by atoms with Crippen LogP contribution in [-0.2, 0) is 13.5 Å². The largest absolute Gasteiger partial charge is 0.478 e. The lowest BCUT2D eigenvalue weighted by Crippen LogP contribution is -2.22. The first-order valence-electron chi connectivity index (χ1n) is 10.6. The van der Waals surface area contributed by atoms with Crippen molar-refractivity contribution in [3.63, 3.8) is 0 Å². The van der Waals surface area contributed by atoms with Crippen LogP contribution >= 0.6 is 0 Å². The van der Waals surface area contributed by atoms with Gasteiger partial charge in [0.1, 0.15) is 0 Å². The van der Waals surface area contributed by atoms with Gasteiger partial charge in [-0.15, -0.1) is 0 Å². The van der Waals surface area contributed by atoms with E-state index in [-0.39, 0.29) is 11.5 Å². The fourth-order valence-electron chi connectivity index (χ4n) is 3.82. The smallest absolute Gasteiger partial charge is 0.337 e. The highest BCUT2D eigenvalue weighted by molar-refractivity contribution is 6.05. The molecule has 3 aromatic rings. The number of hydrogen-bond donors (Lipinski definition) is 2. The molecule has 0 unspecified atom stereocenters. The van der Waals surface area contributed by atoms with Crippen molar-refractivity contribution in [2.75, 3.05) is 23.8 Å². The van der Waals surface area contributed by atoms with E-state index in [1.807, 2.05) is 49.7 Å². The van der Waals surface area contributed by atoms with Crippen molar-refractivity contribution >= 4 is 23.3 Å². The van der Waals surface area contributed by atoms with Gasteiger partial charge in [0.25, 0.3) is 5.91 Å². The Hall–Kier alpha value is -3.61. The Morgan fingerprint density at radius 3 is 2.38 bits per heavy atom. The Labute approximate surface area is 188 Å². The summed E-state index contributed by atoms with van der Waals surface area (Å²) in [5.74, 6) is -1.30. The first kappa shape index (κ1) is 23.1.